The lowest BCUT2D eigenvalue weighted by Gasteiger charge is -2.12. The second kappa shape index (κ2) is 18.0. The average Bonchev–Trinajstić information content (AvgIpc) is 4.21. The van der Waals surface area contributed by atoms with Crippen molar-refractivity contribution in [3.05, 3.63) is 161 Å². The zero-order valence-corrected chi connectivity index (χ0v) is 37.3. The molecule has 7 aromatic rings. The highest BCUT2D eigenvalue weighted by Gasteiger charge is 2.27. The van der Waals surface area contributed by atoms with Crippen molar-refractivity contribution < 1.29 is 33.3 Å². The van der Waals surface area contributed by atoms with Crippen molar-refractivity contribution in [2.24, 2.45) is 0 Å². The molecule has 0 spiro atoms. The number of carbonyl (C=O) groups is 3. The number of imide groups is 2. The molecule has 68 heavy (non-hydrogen) atoms. The summed E-state index contributed by atoms with van der Waals surface area (Å²) in [4.78, 5) is 55.8. The second-order valence-corrected chi connectivity index (χ2v) is 15.8. The van der Waals surface area contributed by atoms with Crippen LogP contribution in [0.15, 0.2) is 133 Å². The molecule has 13 heteroatoms. The number of hydrogen-bond donors (Lipinski definition) is 4. The quantitative estimate of drug-likeness (QED) is 0.0771. The van der Waals surface area contributed by atoms with E-state index < -0.39 is 17.8 Å². The van der Waals surface area contributed by atoms with Crippen LogP contribution in [-0.4, -0.2) is 66.2 Å². The number of nitrogens with one attached hydrogen (secondary N) is 4. The van der Waals surface area contributed by atoms with E-state index in [0.29, 0.717) is 45.2 Å². The monoisotopic (exact) mass is 898 g/mol. The molecule has 1 fully saturated rings. The molecule has 6 heterocycles. The summed E-state index contributed by atoms with van der Waals surface area (Å²) < 4.78 is 22.3. The Morgan fingerprint density at radius 3 is 1.21 bits per heavy atom. The summed E-state index contributed by atoms with van der Waals surface area (Å²) >= 11 is 0. The Hall–Kier alpha value is -9.23. The summed E-state index contributed by atoms with van der Waals surface area (Å²) in [6.07, 6.45) is 12.8. The maximum atomic E-state index is 12.8. The number of barbiturate groups is 1. The number of fused-ring (bicyclic) bond motifs is 8. The Kier molecular flexibility index (Phi) is 11.3. The first kappa shape index (κ1) is 42.7. The van der Waals surface area contributed by atoms with E-state index in [9.17, 15) is 14.4 Å². The van der Waals surface area contributed by atoms with Crippen LogP contribution in [0.25, 0.3) is 97.0 Å². The Morgan fingerprint density at radius 1 is 0.441 bits per heavy atom. The fourth-order valence-electron chi connectivity index (χ4n) is 8.56. The van der Waals surface area contributed by atoms with Gasteiger partial charge in [0.05, 0.1) is 56.7 Å². The van der Waals surface area contributed by atoms with E-state index in [2.05, 4.69) is 32.7 Å². The van der Waals surface area contributed by atoms with Crippen LogP contribution in [0.1, 0.15) is 28.3 Å². The fourth-order valence-corrected chi connectivity index (χ4v) is 8.56. The van der Waals surface area contributed by atoms with Gasteiger partial charge in [-0.2, -0.15) is 0 Å². The zero-order valence-electron chi connectivity index (χ0n) is 37.3. The molecule has 0 atom stereocenters. The van der Waals surface area contributed by atoms with Gasteiger partial charge in [0.1, 0.15) is 28.6 Å². The van der Waals surface area contributed by atoms with E-state index in [1.54, 1.807) is 40.6 Å². The molecule has 1 saturated heterocycles. The molecule has 0 aliphatic carbocycles. The molecular weight excluding hydrogens is 857 g/mol. The van der Waals surface area contributed by atoms with Gasteiger partial charge in [0.2, 0.25) is 0 Å². The number of methoxy groups -OCH3 is 4. The minimum absolute atomic E-state index is 0.220. The predicted molar refractivity (Wildman–Crippen MR) is 266 cm³/mol. The molecular formula is C55H42N6O7. The van der Waals surface area contributed by atoms with Gasteiger partial charge in [0.15, 0.2) is 0 Å². The molecule has 3 aliphatic rings. The first-order valence-electron chi connectivity index (χ1n) is 21.5. The highest BCUT2D eigenvalue weighted by molar-refractivity contribution is 6.29. The number of hydrogen-bond acceptors (Lipinski definition) is 9. The molecule has 0 saturated carbocycles. The van der Waals surface area contributed by atoms with Crippen LogP contribution in [0, 0.1) is 0 Å². The Labute approximate surface area is 390 Å². The lowest BCUT2D eigenvalue weighted by molar-refractivity contribution is -0.124. The van der Waals surface area contributed by atoms with Crippen molar-refractivity contribution in [1.82, 2.24) is 30.6 Å². The number of aromatic nitrogens is 4. The lowest BCUT2D eigenvalue weighted by atomic mass is 10.0. The third-order valence-electron chi connectivity index (χ3n) is 11.9. The van der Waals surface area contributed by atoms with E-state index in [1.807, 2.05) is 127 Å². The Morgan fingerprint density at radius 2 is 0.809 bits per heavy atom. The summed E-state index contributed by atoms with van der Waals surface area (Å²) in [6.45, 7) is 0. The van der Waals surface area contributed by atoms with Crippen LogP contribution >= 0.6 is 0 Å². The van der Waals surface area contributed by atoms with Crippen molar-refractivity contribution in [2.75, 3.05) is 28.4 Å². The van der Waals surface area contributed by atoms with Crippen LogP contribution in [-0.2, 0) is 9.59 Å². The number of urea groups is 1. The van der Waals surface area contributed by atoms with E-state index in [1.165, 1.54) is 6.08 Å². The van der Waals surface area contributed by atoms with Gasteiger partial charge < -0.3 is 28.9 Å². The topological polar surface area (TPSA) is 170 Å². The van der Waals surface area contributed by atoms with Gasteiger partial charge in [0.25, 0.3) is 11.8 Å². The molecule has 4 amide bonds. The normalized spacial score (nSPS) is 13.1. The summed E-state index contributed by atoms with van der Waals surface area (Å²) in [5.41, 5.74) is 13.1. The van der Waals surface area contributed by atoms with Crippen molar-refractivity contribution in [2.45, 2.75) is 0 Å². The number of amides is 4. The van der Waals surface area contributed by atoms with E-state index in [-0.39, 0.29) is 5.57 Å². The number of rotatable bonds is 10. The van der Waals surface area contributed by atoms with E-state index in [4.69, 9.17) is 28.9 Å². The number of ether oxygens (including phenoxy) is 4. The number of allylic oxidation sites excluding steroid dienone is 2. The highest BCUT2D eigenvalue weighted by Crippen LogP contribution is 2.40. The van der Waals surface area contributed by atoms with Gasteiger partial charge in [-0.3, -0.25) is 20.2 Å². The largest absolute Gasteiger partial charge is 0.497 e. The number of H-pyrrole nitrogens is 2. The van der Waals surface area contributed by atoms with Gasteiger partial charge in [-0.25, -0.2) is 14.8 Å². The zero-order chi connectivity index (χ0) is 46.9. The van der Waals surface area contributed by atoms with Gasteiger partial charge in [0, 0.05) is 44.4 Å². The Balaban J connectivity index is 1.37. The molecule has 3 aromatic heterocycles. The van der Waals surface area contributed by atoms with Crippen LogP contribution in [0.4, 0.5) is 4.79 Å². The predicted octanol–water partition coefficient (Wildman–Crippen LogP) is 10.7. The van der Waals surface area contributed by atoms with Crippen LogP contribution in [0.5, 0.6) is 23.0 Å². The minimum Gasteiger partial charge on any atom is -0.497 e. The summed E-state index contributed by atoms with van der Waals surface area (Å²) in [5.74, 6) is 1.22. The highest BCUT2D eigenvalue weighted by atomic mass is 16.5. The molecule has 4 aromatic carbocycles. The van der Waals surface area contributed by atoms with Gasteiger partial charge in [-0.1, -0.05) is 60.7 Å². The van der Waals surface area contributed by atoms with Crippen LogP contribution in [0.2, 0.25) is 0 Å². The number of carbonyl (C=O) groups excluding carboxylic acids is 3. The SMILES string of the molecule is COc1ccc(-c2c3nc(c(-c4ccc(OC)cc4)c4cc(/C=C\C=C5C(=O)NC(=O)NC5=O)c([nH]4)c(-c4ccc(OC)cc4)c4nc(c(-c5ccc(OC)cc5)c5ccc2[nH]5)C=C4)C=C3)cc1. The molecule has 0 unspecified atom stereocenters. The van der Waals surface area contributed by atoms with Gasteiger partial charge in [-0.15, -0.1) is 0 Å². The molecule has 8 bridgehead atoms. The molecule has 0 radical (unpaired) electrons. The van der Waals surface area contributed by atoms with Crippen molar-refractivity contribution in [3.8, 4) is 67.5 Å². The third kappa shape index (κ3) is 8.09. The average molecular weight is 899 g/mol. The summed E-state index contributed by atoms with van der Waals surface area (Å²) in [6, 6.07) is 36.6. The van der Waals surface area contributed by atoms with Crippen molar-refractivity contribution in [3.63, 3.8) is 0 Å². The van der Waals surface area contributed by atoms with Crippen molar-refractivity contribution in [1.29, 1.82) is 0 Å². The van der Waals surface area contributed by atoms with Gasteiger partial charge >= 0.3 is 6.03 Å². The Bertz CT molecular complexity index is 3450. The first-order chi connectivity index (χ1) is 33.2. The molecule has 3 aliphatic heterocycles. The molecule has 4 N–H and O–H groups in total. The van der Waals surface area contributed by atoms with E-state index >= 15 is 0 Å². The number of benzene rings is 4. The maximum Gasteiger partial charge on any atom is 0.328 e. The molecule has 13 nitrogen and oxygen atoms in total. The molecule has 334 valence electrons. The number of aromatic amines is 2. The first-order valence-corrected chi connectivity index (χ1v) is 21.5. The van der Waals surface area contributed by atoms with Crippen LogP contribution in [0.3, 0.4) is 0 Å². The molecule has 10 rings (SSSR count). The summed E-state index contributed by atoms with van der Waals surface area (Å²) in [7, 11) is 6.54. The minimum atomic E-state index is -0.877. The van der Waals surface area contributed by atoms with E-state index in [0.717, 1.165) is 72.7 Å². The van der Waals surface area contributed by atoms with Crippen LogP contribution < -0.4 is 29.6 Å². The lowest BCUT2D eigenvalue weighted by Crippen LogP contribution is -2.51. The smallest absolute Gasteiger partial charge is 0.328 e. The van der Waals surface area contributed by atoms with Crippen molar-refractivity contribution >= 4 is 70.3 Å². The maximum absolute atomic E-state index is 12.8. The fraction of sp³-hybridized carbons (Fsp3) is 0.0727. The second-order valence-electron chi connectivity index (χ2n) is 15.8. The van der Waals surface area contributed by atoms with Gasteiger partial charge in [-0.05, 0) is 119 Å². The summed E-state index contributed by atoms with van der Waals surface area (Å²) in [5, 5.41) is 4.28. The number of nitrogens with zero attached hydrogens (tertiary/aromatic N) is 2. The standard InChI is InChI=1S/C55H42N6O7/c1-65-36-16-8-31(9-17-36)48-41-24-25-42(56-41)49(32-10-18-37(66-2)19-11-32)44-28-29-46(58-44)51(34-14-22-39(68-4)23-15-34)52-35(6-5-7-40-53(62)60-55(64)61-54(40)63)30-47(59-52)50(45-27-26-43(48)57-45)33-12-20-38(67-3)21-13-33/h5-30,56,59H,1-4H3,(H2,60,61,62,63,64)/b6-5-,48-41?,48-43?,49-42?,49-44?,50-45?,50-47?,51-46?,52-51?. The third-order valence-corrected chi connectivity index (χ3v) is 11.9.